The predicted molar refractivity (Wildman–Crippen MR) is 106 cm³/mol. The molecule has 0 aliphatic rings. The number of nitrogens with zero attached hydrogens (tertiary/aromatic N) is 2. The molecule has 30 heavy (non-hydrogen) atoms. The fraction of sp³-hybridized carbons (Fsp3) is 0.400. The molecule has 6 nitrogen and oxygen atoms in total. The van der Waals surface area contributed by atoms with Gasteiger partial charge < -0.3 is 10.1 Å². The van der Waals surface area contributed by atoms with E-state index in [9.17, 15) is 22.8 Å². The Kier molecular flexibility index (Phi) is 7.77. The number of anilines is 1. The van der Waals surface area contributed by atoms with Crippen molar-refractivity contribution in [3.63, 3.8) is 0 Å². The van der Waals surface area contributed by atoms with Crippen molar-refractivity contribution in [1.82, 2.24) is 9.97 Å². The van der Waals surface area contributed by atoms with E-state index >= 15 is 0 Å². The number of carbonyl (C=O) groups is 2. The number of aryl methyl sites for hydroxylation is 1. The first-order valence-electron chi connectivity index (χ1n) is 9.20. The first-order valence-corrected chi connectivity index (χ1v) is 9.58. The molecule has 0 bridgehead atoms. The van der Waals surface area contributed by atoms with Crippen LogP contribution in [0.5, 0.6) is 5.88 Å². The van der Waals surface area contributed by atoms with Crippen LogP contribution in [0.15, 0.2) is 24.4 Å². The van der Waals surface area contributed by atoms with Crippen molar-refractivity contribution in [3.05, 3.63) is 46.2 Å². The summed E-state index contributed by atoms with van der Waals surface area (Å²) < 4.78 is 43.5. The topological polar surface area (TPSA) is 81.2 Å². The largest absolute Gasteiger partial charge is 0.474 e. The van der Waals surface area contributed by atoms with Crippen LogP contribution in [0.3, 0.4) is 0 Å². The van der Waals surface area contributed by atoms with Gasteiger partial charge in [0.15, 0.2) is 5.78 Å². The smallest absolute Gasteiger partial charge is 0.417 e. The molecule has 0 radical (unpaired) electrons. The zero-order valence-corrected chi connectivity index (χ0v) is 17.4. The predicted octanol–water partition coefficient (Wildman–Crippen LogP) is 5.24. The van der Waals surface area contributed by atoms with Crippen LogP contribution in [-0.2, 0) is 11.0 Å². The summed E-state index contributed by atoms with van der Waals surface area (Å²) in [6.45, 7) is 5.08. The number of rotatable bonds is 8. The number of ketones is 1. The number of nitrogens with one attached hydrogen (secondary N) is 1. The highest BCUT2D eigenvalue weighted by Crippen LogP contribution is 2.33. The lowest BCUT2D eigenvalue weighted by molar-refractivity contribution is -0.137. The molecule has 0 saturated carbocycles. The van der Waals surface area contributed by atoms with Crippen molar-refractivity contribution in [2.45, 2.75) is 52.3 Å². The lowest BCUT2D eigenvalue weighted by atomic mass is 10.0. The number of pyridine rings is 2. The summed E-state index contributed by atoms with van der Waals surface area (Å²) in [5.41, 5.74) is 0.00536. The van der Waals surface area contributed by atoms with Crippen LogP contribution in [0.4, 0.5) is 19.0 Å². The van der Waals surface area contributed by atoms with E-state index in [2.05, 4.69) is 15.3 Å². The number of amides is 1. The molecule has 2 aromatic rings. The minimum absolute atomic E-state index is 0.115. The van der Waals surface area contributed by atoms with Crippen LogP contribution < -0.4 is 10.1 Å². The quantitative estimate of drug-likeness (QED) is 0.564. The highest BCUT2D eigenvalue weighted by Gasteiger charge is 2.32. The second-order valence-electron chi connectivity index (χ2n) is 6.68. The lowest BCUT2D eigenvalue weighted by Crippen LogP contribution is -2.16. The third-order valence-corrected chi connectivity index (χ3v) is 4.36. The normalized spacial score (nSPS) is 12.4. The number of carbonyl (C=O) groups excluding carboxylic acids is 2. The monoisotopic (exact) mass is 443 g/mol. The minimum atomic E-state index is -4.55. The summed E-state index contributed by atoms with van der Waals surface area (Å²) in [5.74, 6) is -0.229. The van der Waals surface area contributed by atoms with E-state index in [-0.39, 0.29) is 41.9 Å². The van der Waals surface area contributed by atoms with Crippen molar-refractivity contribution >= 4 is 29.1 Å². The maximum atomic E-state index is 12.7. The summed E-state index contributed by atoms with van der Waals surface area (Å²) in [5, 5.41) is 2.36. The van der Waals surface area contributed by atoms with Gasteiger partial charge in [0.05, 0.1) is 11.7 Å². The van der Waals surface area contributed by atoms with Gasteiger partial charge in [-0.3, -0.25) is 9.59 Å². The summed E-state index contributed by atoms with van der Waals surface area (Å²) in [6, 6.07) is 3.86. The highest BCUT2D eigenvalue weighted by atomic mass is 35.5. The third kappa shape index (κ3) is 6.69. The average Bonchev–Trinajstić information content (AvgIpc) is 2.66. The molecule has 0 aliphatic carbocycles. The molecular formula is C20H21ClF3N3O3. The van der Waals surface area contributed by atoms with Gasteiger partial charge >= 0.3 is 6.18 Å². The molecule has 0 aromatic carbocycles. The molecule has 1 amide bonds. The number of ether oxygens (including phenoxy) is 1. The Balaban J connectivity index is 1.99. The zero-order chi connectivity index (χ0) is 22.5. The number of hydrogen-bond acceptors (Lipinski definition) is 5. The Bertz CT molecular complexity index is 935. The molecule has 10 heteroatoms. The minimum Gasteiger partial charge on any atom is -0.474 e. The Morgan fingerprint density at radius 2 is 1.97 bits per heavy atom. The number of hydrogen-bond donors (Lipinski definition) is 1. The van der Waals surface area contributed by atoms with Crippen molar-refractivity contribution < 1.29 is 27.5 Å². The molecule has 2 aromatic heterocycles. The Morgan fingerprint density at radius 3 is 2.57 bits per heavy atom. The maximum absolute atomic E-state index is 12.7. The molecule has 1 atom stereocenters. The maximum Gasteiger partial charge on any atom is 0.417 e. The van der Waals surface area contributed by atoms with Gasteiger partial charge in [-0.1, -0.05) is 18.5 Å². The highest BCUT2D eigenvalue weighted by molar-refractivity contribution is 6.31. The van der Waals surface area contributed by atoms with Crippen molar-refractivity contribution in [2.75, 3.05) is 5.32 Å². The molecule has 0 saturated heterocycles. The van der Waals surface area contributed by atoms with Crippen molar-refractivity contribution in [2.24, 2.45) is 0 Å². The number of Topliss-reactive ketones (excluding diaryl/α,β-unsaturated/α-hetero) is 1. The molecule has 2 heterocycles. The zero-order valence-electron chi connectivity index (χ0n) is 16.6. The van der Waals surface area contributed by atoms with E-state index in [1.807, 2.05) is 0 Å². The van der Waals surface area contributed by atoms with Gasteiger partial charge in [-0.2, -0.15) is 13.2 Å². The third-order valence-electron chi connectivity index (χ3n) is 4.09. The fourth-order valence-corrected chi connectivity index (χ4v) is 2.73. The fourth-order valence-electron chi connectivity index (χ4n) is 2.52. The van der Waals surface area contributed by atoms with Crippen molar-refractivity contribution in [1.29, 1.82) is 0 Å². The van der Waals surface area contributed by atoms with Crippen LogP contribution in [0.2, 0.25) is 5.02 Å². The summed E-state index contributed by atoms with van der Waals surface area (Å²) in [6.07, 6.45) is -3.73. The van der Waals surface area contributed by atoms with Gasteiger partial charge in [0.25, 0.3) is 0 Å². The van der Waals surface area contributed by atoms with E-state index in [4.69, 9.17) is 16.3 Å². The molecule has 0 fully saturated rings. The second kappa shape index (κ2) is 9.88. The standard InChI is InChI=1S/C20H21ClF3N3O3/c1-4-18(29)27-17-8-13(7-11(2)26-17)16(28)6-5-12(3)30-19-15(21)9-14(10-25-19)20(22,23)24/h7-10,12H,4-6H2,1-3H3,(H,26,27,29)/t12-/m0/s1. The van der Waals surface area contributed by atoms with E-state index in [0.29, 0.717) is 23.3 Å². The van der Waals surface area contributed by atoms with Crippen molar-refractivity contribution in [3.8, 4) is 5.88 Å². The number of aromatic nitrogens is 2. The molecule has 1 N–H and O–H groups in total. The van der Waals surface area contributed by atoms with Crippen LogP contribution in [0, 0.1) is 6.92 Å². The van der Waals surface area contributed by atoms with Crippen LogP contribution in [0.1, 0.15) is 54.7 Å². The van der Waals surface area contributed by atoms with Gasteiger partial charge in [0.2, 0.25) is 11.8 Å². The van der Waals surface area contributed by atoms with Crippen LogP contribution in [-0.4, -0.2) is 27.8 Å². The number of halogens is 4. The van der Waals surface area contributed by atoms with Crippen LogP contribution >= 0.6 is 11.6 Å². The molecular weight excluding hydrogens is 423 g/mol. The van der Waals surface area contributed by atoms with E-state index < -0.39 is 17.8 Å². The summed E-state index contributed by atoms with van der Waals surface area (Å²) in [4.78, 5) is 31.9. The number of alkyl halides is 3. The first kappa shape index (κ1) is 23.6. The lowest BCUT2D eigenvalue weighted by Gasteiger charge is -2.15. The molecule has 0 spiro atoms. The van der Waals surface area contributed by atoms with E-state index in [1.165, 1.54) is 6.07 Å². The molecule has 0 unspecified atom stereocenters. The van der Waals surface area contributed by atoms with E-state index in [0.717, 1.165) is 6.07 Å². The molecule has 0 aliphatic heterocycles. The summed E-state index contributed by atoms with van der Waals surface area (Å²) in [7, 11) is 0. The first-order chi connectivity index (χ1) is 14.0. The Hall–Kier alpha value is -2.68. The van der Waals surface area contributed by atoms with Gasteiger partial charge in [-0.25, -0.2) is 9.97 Å². The summed E-state index contributed by atoms with van der Waals surface area (Å²) >= 11 is 5.83. The Labute approximate surface area is 176 Å². The average molecular weight is 444 g/mol. The second-order valence-corrected chi connectivity index (χ2v) is 7.09. The van der Waals surface area contributed by atoms with Gasteiger partial charge in [0.1, 0.15) is 10.8 Å². The van der Waals surface area contributed by atoms with Crippen LogP contribution in [0.25, 0.3) is 0 Å². The van der Waals surface area contributed by atoms with Gasteiger partial charge in [-0.05, 0) is 38.5 Å². The molecule has 162 valence electrons. The van der Waals surface area contributed by atoms with E-state index in [1.54, 1.807) is 26.8 Å². The SMILES string of the molecule is CCC(=O)Nc1cc(C(=O)CC[C@H](C)Oc2ncc(C(F)(F)F)cc2Cl)cc(C)n1. The van der Waals surface area contributed by atoms with Gasteiger partial charge in [-0.15, -0.1) is 0 Å². The molecule has 2 rings (SSSR count). The van der Waals surface area contributed by atoms with Gasteiger partial charge in [0, 0.05) is 30.3 Å². The Morgan fingerprint density at radius 1 is 1.27 bits per heavy atom.